The number of rotatable bonds is 5. The molecule has 0 aliphatic heterocycles. The van der Waals surface area contributed by atoms with Crippen LogP contribution in [0.5, 0.6) is 0 Å². The number of nitrogens with one attached hydrogen (secondary N) is 1. The number of carboxylic acids is 1. The van der Waals surface area contributed by atoms with Gasteiger partial charge in [0, 0.05) is 11.9 Å². The molecule has 116 valence electrons. The lowest BCUT2D eigenvalue weighted by atomic mass is 9.99. The quantitative estimate of drug-likeness (QED) is 0.729. The van der Waals surface area contributed by atoms with Crippen molar-refractivity contribution in [1.82, 2.24) is 4.98 Å². The Morgan fingerprint density at radius 1 is 1.17 bits per heavy atom. The van der Waals surface area contributed by atoms with Crippen molar-refractivity contribution in [1.29, 1.82) is 0 Å². The molecule has 1 aromatic heterocycles. The number of carbonyl (C=O) groups is 1. The second kappa shape index (κ2) is 6.62. The van der Waals surface area contributed by atoms with Crippen LogP contribution < -0.4 is 5.32 Å². The number of aromatic carboxylic acids is 1. The van der Waals surface area contributed by atoms with Crippen LogP contribution in [0, 0.1) is 6.92 Å². The van der Waals surface area contributed by atoms with E-state index in [0.717, 1.165) is 27.5 Å². The minimum absolute atomic E-state index is 0.316. The Morgan fingerprint density at radius 2 is 1.91 bits per heavy atom. The molecule has 4 nitrogen and oxygen atoms in total. The molecule has 3 rings (SSSR count). The summed E-state index contributed by atoms with van der Waals surface area (Å²) in [7, 11) is 0. The first-order valence-electron chi connectivity index (χ1n) is 7.21. The van der Waals surface area contributed by atoms with Gasteiger partial charge in [-0.2, -0.15) is 0 Å². The fourth-order valence-corrected chi connectivity index (χ4v) is 3.02. The summed E-state index contributed by atoms with van der Waals surface area (Å²) in [5, 5.41) is 15.5. The molecule has 0 amide bonds. The van der Waals surface area contributed by atoms with Crippen molar-refractivity contribution in [3.63, 3.8) is 0 Å². The molecule has 0 aliphatic carbocycles. The minimum Gasteiger partial charge on any atom is -0.478 e. The van der Waals surface area contributed by atoms with E-state index >= 15 is 0 Å². The van der Waals surface area contributed by atoms with Crippen molar-refractivity contribution in [3.05, 3.63) is 70.7 Å². The highest BCUT2D eigenvalue weighted by atomic mass is 32.1. The molecule has 0 atom stereocenters. The van der Waals surface area contributed by atoms with Crippen molar-refractivity contribution >= 4 is 22.4 Å². The summed E-state index contributed by atoms with van der Waals surface area (Å²) in [5.41, 5.74) is 4.08. The average Bonchev–Trinajstić information content (AvgIpc) is 2.99. The molecule has 5 heteroatoms. The summed E-state index contributed by atoms with van der Waals surface area (Å²) >= 11 is 1.59. The van der Waals surface area contributed by atoms with E-state index in [-0.39, 0.29) is 0 Å². The number of benzene rings is 2. The van der Waals surface area contributed by atoms with Gasteiger partial charge >= 0.3 is 5.97 Å². The highest BCUT2D eigenvalue weighted by molar-refractivity contribution is 7.13. The van der Waals surface area contributed by atoms with Crippen LogP contribution in [0.4, 0.5) is 5.13 Å². The van der Waals surface area contributed by atoms with Crippen LogP contribution in [-0.2, 0) is 6.54 Å². The topological polar surface area (TPSA) is 62.2 Å². The minimum atomic E-state index is -0.912. The maximum absolute atomic E-state index is 11.3. The Bertz CT molecular complexity index is 825. The number of hydrogen-bond acceptors (Lipinski definition) is 4. The van der Waals surface area contributed by atoms with E-state index in [1.807, 2.05) is 48.7 Å². The molecule has 0 radical (unpaired) electrons. The third kappa shape index (κ3) is 3.57. The first-order valence-corrected chi connectivity index (χ1v) is 8.09. The lowest BCUT2D eigenvalue weighted by molar-refractivity contribution is 0.0697. The van der Waals surface area contributed by atoms with Gasteiger partial charge in [-0.3, -0.25) is 0 Å². The van der Waals surface area contributed by atoms with Gasteiger partial charge < -0.3 is 10.4 Å². The number of carboxylic acid groups (broad SMARTS) is 1. The lowest BCUT2D eigenvalue weighted by Crippen LogP contribution is -2.00. The molecule has 0 fully saturated rings. The monoisotopic (exact) mass is 324 g/mol. The van der Waals surface area contributed by atoms with Crippen LogP contribution in [0.25, 0.3) is 11.1 Å². The molecular formula is C18H16N2O2S. The highest BCUT2D eigenvalue weighted by Gasteiger charge is 2.10. The van der Waals surface area contributed by atoms with Gasteiger partial charge in [0.2, 0.25) is 0 Å². The predicted molar refractivity (Wildman–Crippen MR) is 93.0 cm³/mol. The number of hydrogen-bond donors (Lipinski definition) is 2. The summed E-state index contributed by atoms with van der Waals surface area (Å²) in [4.78, 5) is 15.7. The average molecular weight is 324 g/mol. The molecule has 3 aromatic rings. The van der Waals surface area contributed by atoms with Crippen molar-refractivity contribution < 1.29 is 9.90 Å². The smallest absolute Gasteiger partial charge is 0.336 e. The van der Waals surface area contributed by atoms with E-state index < -0.39 is 5.97 Å². The molecule has 0 saturated carbocycles. The van der Waals surface area contributed by atoms with Gasteiger partial charge in [0.25, 0.3) is 0 Å². The van der Waals surface area contributed by atoms with E-state index in [2.05, 4.69) is 10.3 Å². The molecule has 0 saturated heterocycles. The largest absolute Gasteiger partial charge is 0.478 e. The summed E-state index contributed by atoms with van der Waals surface area (Å²) in [6.07, 6.45) is 0. The van der Waals surface area contributed by atoms with Crippen LogP contribution in [0.3, 0.4) is 0 Å². The summed E-state index contributed by atoms with van der Waals surface area (Å²) in [6.45, 7) is 2.66. The van der Waals surface area contributed by atoms with E-state index in [4.69, 9.17) is 0 Å². The Morgan fingerprint density at radius 3 is 2.57 bits per heavy atom. The van der Waals surface area contributed by atoms with Gasteiger partial charge in [0.1, 0.15) is 0 Å². The van der Waals surface area contributed by atoms with Crippen LogP contribution in [-0.4, -0.2) is 16.1 Å². The number of thiazole rings is 1. The van der Waals surface area contributed by atoms with Gasteiger partial charge in [0.05, 0.1) is 11.3 Å². The molecule has 2 aromatic carbocycles. The van der Waals surface area contributed by atoms with Gasteiger partial charge in [-0.15, -0.1) is 11.3 Å². The van der Waals surface area contributed by atoms with E-state index in [9.17, 15) is 9.90 Å². The zero-order valence-corrected chi connectivity index (χ0v) is 13.4. The maximum Gasteiger partial charge on any atom is 0.336 e. The van der Waals surface area contributed by atoms with Crippen LogP contribution in [0.1, 0.15) is 21.6 Å². The van der Waals surface area contributed by atoms with E-state index in [1.165, 1.54) is 0 Å². The number of aromatic nitrogens is 1. The second-order valence-corrected chi connectivity index (χ2v) is 6.05. The Hall–Kier alpha value is -2.66. The second-order valence-electron chi connectivity index (χ2n) is 5.20. The molecule has 0 spiro atoms. The van der Waals surface area contributed by atoms with Crippen LogP contribution in [0.2, 0.25) is 0 Å². The fraction of sp³-hybridized carbons (Fsp3) is 0.111. The molecule has 23 heavy (non-hydrogen) atoms. The summed E-state index contributed by atoms with van der Waals surface area (Å²) in [5.74, 6) is -0.912. The highest BCUT2D eigenvalue weighted by Crippen LogP contribution is 2.24. The van der Waals surface area contributed by atoms with Crippen molar-refractivity contribution in [2.45, 2.75) is 13.5 Å². The first kappa shape index (κ1) is 15.2. The SMILES string of the molecule is Cc1csc(NCc2ccc(-c3ccccc3C(=O)O)cc2)n1. The number of nitrogens with zero attached hydrogens (tertiary/aromatic N) is 1. The van der Waals surface area contributed by atoms with Gasteiger partial charge in [-0.25, -0.2) is 9.78 Å². The zero-order valence-electron chi connectivity index (χ0n) is 12.6. The Balaban J connectivity index is 1.76. The third-order valence-corrected chi connectivity index (χ3v) is 4.40. The van der Waals surface area contributed by atoms with Crippen molar-refractivity contribution in [2.24, 2.45) is 0 Å². The number of aryl methyl sites for hydroxylation is 1. The van der Waals surface area contributed by atoms with Gasteiger partial charge in [-0.1, -0.05) is 42.5 Å². The normalized spacial score (nSPS) is 10.5. The van der Waals surface area contributed by atoms with Crippen LogP contribution in [0.15, 0.2) is 53.9 Å². The van der Waals surface area contributed by atoms with E-state index in [0.29, 0.717) is 12.1 Å². The maximum atomic E-state index is 11.3. The number of anilines is 1. The third-order valence-electron chi connectivity index (χ3n) is 3.49. The molecular weight excluding hydrogens is 308 g/mol. The van der Waals surface area contributed by atoms with Gasteiger partial charge in [0.15, 0.2) is 5.13 Å². The molecule has 1 heterocycles. The Labute approximate surface area is 138 Å². The summed E-state index contributed by atoms with van der Waals surface area (Å²) in [6, 6.07) is 14.9. The van der Waals surface area contributed by atoms with E-state index in [1.54, 1.807) is 23.5 Å². The molecule has 0 bridgehead atoms. The zero-order chi connectivity index (χ0) is 16.2. The van der Waals surface area contributed by atoms with Gasteiger partial charge in [-0.05, 0) is 29.7 Å². The molecule has 2 N–H and O–H groups in total. The van der Waals surface area contributed by atoms with Crippen molar-refractivity contribution in [2.75, 3.05) is 5.32 Å². The predicted octanol–water partition coefficient (Wildman–Crippen LogP) is 4.43. The fourth-order valence-electron chi connectivity index (χ4n) is 2.34. The van der Waals surface area contributed by atoms with Crippen LogP contribution >= 0.6 is 11.3 Å². The summed E-state index contributed by atoms with van der Waals surface area (Å²) < 4.78 is 0. The van der Waals surface area contributed by atoms with Crippen molar-refractivity contribution in [3.8, 4) is 11.1 Å². The first-order chi connectivity index (χ1) is 11.1. The standard InChI is InChI=1S/C18H16N2O2S/c1-12-11-23-18(20-12)19-10-13-6-8-14(9-7-13)15-4-2-3-5-16(15)17(21)22/h2-9,11H,10H2,1H3,(H,19,20)(H,21,22). The Kier molecular flexibility index (Phi) is 4.39. The molecule has 0 aliphatic rings. The lowest BCUT2D eigenvalue weighted by Gasteiger charge is -2.08. The molecule has 0 unspecified atom stereocenters.